The van der Waals surface area contributed by atoms with E-state index < -0.39 is 0 Å². The third-order valence-electron chi connectivity index (χ3n) is 4.63. The number of anilines is 2. The van der Waals surface area contributed by atoms with Gasteiger partial charge < -0.3 is 10.6 Å². The first-order chi connectivity index (χ1) is 14.9. The summed E-state index contributed by atoms with van der Waals surface area (Å²) in [4.78, 5) is 19.0. The number of nitrogen functional groups attached to an aromatic ring is 1. The maximum Gasteiger partial charge on any atom is 0.229 e. The van der Waals surface area contributed by atoms with E-state index >= 15 is 0 Å². The smallest absolute Gasteiger partial charge is 0.229 e. The predicted octanol–water partition coefficient (Wildman–Crippen LogP) is 3.32. The second-order valence-electron chi connectivity index (χ2n) is 7.17. The van der Waals surface area contributed by atoms with Crippen molar-refractivity contribution in [2.75, 3.05) is 24.7 Å². The lowest BCUT2D eigenvalue weighted by atomic mass is 10.2. The lowest BCUT2D eigenvalue weighted by Gasteiger charge is -2.16. The zero-order chi connectivity index (χ0) is 22.0. The maximum atomic E-state index is 5.91. The number of para-hydroxylation sites is 1. The van der Waals surface area contributed by atoms with E-state index in [0.717, 1.165) is 27.8 Å². The van der Waals surface area contributed by atoms with Crippen LogP contribution in [0.1, 0.15) is 23.6 Å². The normalized spacial score (nSPS) is 12.0. The molecule has 0 fully saturated rings. The molecule has 4 rings (SSSR count). The highest BCUT2D eigenvalue weighted by Crippen LogP contribution is 2.36. The van der Waals surface area contributed by atoms with Crippen molar-refractivity contribution in [1.82, 2.24) is 34.7 Å². The minimum Gasteiger partial charge on any atom is -0.368 e. The number of aryl methyl sites for hydroxylation is 1. The zero-order valence-electron chi connectivity index (χ0n) is 17.8. The number of nitrogens with two attached hydrogens (primary N) is 1. The first kappa shape index (κ1) is 20.7. The quantitative estimate of drug-likeness (QED) is 0.458. The monoisotopic (exact) mass is 433 g/mol. The van der Waals surface area contributed by atoms with Crippen molar-refractivity contribution in [2.45, 2.75) is 24.3 Å². The molecule has 1 unspecified atom stereocenters. The Bertz CT molecular complexity index is 1190. The fourth-order valence-corrected chi connectivity index (χ4v) is 3.96. The second kappa shape index (κ2) is 8.68. The van der Waals surface area contributed by atoms with Crippen LogP contribution in [0.25, 0.3) is 17.1 Å². The van der Waals surface area contributed by atoms with E-state index in [1.54, 1.807) is 17.3 Å². The van der Waals surface area contributed by atoms with E-state index in [1.165, 1.54) is 11.8 Å². The van der Waals surface area contributed by atoms with Crippen LogP contribution in [0.5, 0.6) is 0 Å². The van der Waals surface area contributed by atoms with Crippen LogP contribution in [0.15, 0.2) is 53.9 Å². The highest BCUT2D eigenvalue weighted by atomic mass is 32.2. The molecule has 9 nitrogen and oxygen atoms in total. The molecule has 1 aromatic carbocycles. The van der Waals surface area contributed by atoms with Gasteiger partial charge in [-0.3, -0.25) is 9.55 Å². The van der Waals surface area contributed by atoms with Crippen molar-refractivity contribution in [1.29, 1.82) is 0 Å². The Hall–Kier alpha value is -3.53. The first-order valence-corrected chi connectivity index (χ1v) is 10.6. The topological polar surface area (TPSA) is 112 Å². The van der Waals surface area contributed by atoms with Crippen LogP contribution in [0.2, 0.25) is 0 Å². The number of pyridine rings is 1. The molecule has 31 heavy (non-hydrogen) atoms. The molecule has 0 saturated heterocycles. The van der Waals surface area contributed by atoms with Gasteiger partial charge >= 0.3 is 0 Å². The van der Waals surface area contributed by atoms with E-state index in [9.17, 15) is 0 Å². The van der Waals surface area contributed by atoms with Crippen molar-refractivity contribution in [3.8, 4) is 17.1 Å². The average Bonchev–Trinajstić information content (AvgIpc) is 3.17. The van der Waals surface area contributed by atoms with Gasteiger partial charge in [-0.05, 0) is 37.6 Å². The lowest BCUT2D eigenvalue weighted by Crippen LogP contribution is -2.16. The van der Waals surface area contributed by atoms with Gasteiger partial charge in [0.15, 0.2) is 11.0 Å². The molecule has 158 valence electrons. The average molecular weight is 434 g/mol. The molecule has 0 bridgehead atoms. The molecule has 3 heterocycles. The summed E-state index contributed by atoms with van der Waals surface area (Å²) in [7, 11) is 3.73. The number of benzene rings is 1. The van der Waals surface area contributed by atoms with Gasteiger partial charge in [0.1, 0.15) is 5.82 Å². The summed E-state index contributed by atoms with van der Waals surface area (Å²) < 4.78 is 2.06. The Morgan fingerprint density at radius 2 is 1.74 bits per heavy atom. The molecular weight excluding hydrogens is 410 g/mol. The fourth-order valence-electron chi connectivity index (χ4n) is 3.06. The van der Waals surface area contributed by atoms with E-state index in [4.69, 9.17) is 5.73 Å². The molecule has 3 aromatic heterocycles. The molecule has 0 aliphatic rings. The third-order valence-corrected chi connectivity index (χ3v) is 5.67. The Morgan fingerprint density at radius 1 is 1.00 bits per heavy atom. The van der Waals surface area contributed by atoms with Crippen molar-refractivity contribution in [3.05, 3.63) is 60.2 Å². The summed E-state index contributed by atoms with van der Waals surface area (Å²) in [5, 5.41) is 9.60. The predicted molar refractivity (Wildman–Crippen MR) is 122 cm³/mol. The van der Waals surface area contributed by atoms with Gasteiger partial charge in [0.05, 0.1) is 10.9 Å². The fraction of sp³-hybridized carbons (Fsp3) is 0.238. The number of hydrogen-bond donors (Lipinski definition) is 1. The summed E-state index contributed by atoms with van der Waals surface area (Å²) in [6.45, 7) is 4.08. The van der Waals surface area contributed by atoms with Gasteiger partial charge in [-0.1, -0.05) is 30.0 Å². The standard InChI is InChI=1S/C21H23N9S/c1-13-7-5-6-8-16(13)30-18(15-9-11-23-12-10-15)27-28-21(30)31-14(2)17-24-19(22)26-20(25-17)29(3)4/h5-12,14H,1-4H3,(H2,22,24,25,26). The van der Waals surface area contributed by atoms with Crippen LogP contribution in [0.3, 0.4) is 0 Å². The molecular formula is C21H23N9S. The van der Waals surface area contributed by atoms with Crippen molar-refractivity contribution in [3.63, 3.8) is 0 Å². The molecule has 2 N–H and O–H groups in total. The molecule has 0 saturated carbocycles. The summed E-state index contributed by atoms with van der Waals surface area (Å²) in [5.74, 6) is 2.05. The molecule has 0 spiro atoms. The van der Waals surface area contributed by atoms with Crippen LogP contribution < -0.4 is 10.6 Å². The van der Waals surface area contributed by atoms with Gasteiger partial charge in [0, 0.05) is 32.1 Å². The van der Waals surface area contributed by atoms with Crippen molar-refractivity contribution in [2.24, 2.45) is 0 Å². The van der Waals surface area contributed by atoms with Crippen LogP contribution >= 0.6 is 11.8 Å². The van der Waals surface area contributed by atoms with Gasteiger partial charge in [-0.2, -0.15) is 15.0 Å². The van der Waals surface area contributed by atoms with Crippen LogP contribution in [-0.4, -0.2) is 48.8 Å². The highest BCUT2D eigenvalue weighted by Gasteiger charge is 2.22. The Kier molecular flexibility index (Phi) is 5.81. The minimum atomic E-state index is -0.124. The Labute approximate surface area is 184 Å². The molecule has 0 radical (unpaired) electrons. The van der Waals surface area contributed by atoms with Gasteiger partial charge in [-0.15, -0.1) is 10.2 Å². The number of nitrogens with zero attached hydrogens (tertiary/aromatic N) is 8. The van der Waals surface area contributed by atoms with Gasteiger partial charge in [-0.25, -0.2) is 0 Å². The van der Waals surface area contributed by atoms with Crippen molar-refractivity contribution < 1.29 is 0 Å². The second-order valence-corrected chi connectivity index (χ2v) is 8.48. The molecule has 0 aliphatic heterocycles. The Balaban J connectivity index is 1.77. The van der Waals surface area contributed by atoms with Crippen LogP contribution in [0.4, 0.5) is 11.9 Å². The number of hydrogen-bond acceptors (Lipinski definition) is 9. The largest absolute Gasteiger partial charge is 0.368 e. The summed E-state index contributed by atoms with van der Waals surface area (Å²) in [5.41, 5.74) is 8.98. The first-order valence-electron chi connectivity index (χ1n) is 9.71. The SMILES string of the molecule is Cc1ccccc1-n1c(SC(C)c2nc(N)nc(N(C)C)n2)nnc1-c1ccncc1. The Morgan fingerprint density at radius 3 is 2.45 bits per heavy atom. The van der Waals surface area contributed by atoms with E-state index in [1.807, 2.05) is 45.3 Å². The van der Waals surface area contributed by atoms with Crippen LogP contribution in [-0.2, 0) is 0 Å². The molecule has 1 atom stereocenters. The summed E-state index contributed by atoms with van der Waals surface area (Å²) in [6.07, 6.45) is 3.50. The van der Waals surface area contributed by atoms with Gasteiger partial charge in [0.2, 0.25) is 11.9 Å². The van der Waals surface area contributed by atoms with E-state index in [-0.39, 0.29) is 11.2 Å². The maximum absolute atomic E-state index is 5.91. The minimum absolute atomic E-state index is 0.124. The molecule has 4 aromatic rings. The summed E-state index contributed by atoms with van der Waals surface area (Å²) >= 11 is 1.52. The van der Waals surface area contributed by atoms with Crippen LogP contribution in [0, 0.1) is 6.92 Å². The molecule has 10 heteroatoms. The highest BCUT2D eigenvalue weighted by molar-refractivity contribution is 7.99. The summed E-state index contributed by atoms with van der Waals surface area (Å²) in [6, 6.07) is 12.0. The number of thioether (sulfide) groups is 1. The van der Waals surface area contributed by atoms with E-state index in [0.29, 0.717) is 11.8 Å². The zero-order valence-corrected chi connectivity index (χ0v) is 18.6. The lowest BCUT2D eigenvalue weighted by molar-refractivity contribution is 0.841. The van der Waals surface area contributed by atoms with Crippen molar-refractivity contribution >= 4 is 23.7 Å². The third kappa shape index (κ3) is 4.33. The number of rotatable bonds is 6. The van der Waals surface area contributed by atoms with Gasteiger partial charge in [0.25, 0.3) is 0 Å². The number of aromatic nitrogens is 7. The molecule has 0 amide bonds. The molecule has 0 aliphatic carbocycles. The van der Waals surface area contributed by atoms with E-state index in [2.05, 4.69) is 53.8 Å².